The second kappa shape index (κ2) is 5.82. The van der Waals surface area contributed by atoms with Crippen LogP contribution in [-0.2, 0) is 4.74 Å². The smallest absolute Gasteiger partial charge is 0.424 e. The van der Waals surface area contributed by atoms with Crippen molar-refractivity contribution in [3.63, 3.8) is 0 Å². The summed E-state index contributed by atoms with van der Waals surface area (Å²) in [5, 5.41) is 12.3. The maximum absolute atomic E-state index is 11.4. The van der Waals surface area contributed by atoms with Gasteiger partial charge in [-0.25, -0.2) is 14.8 Å². The lowest BCUT2D eigenvalue weighted by atomic mass is 10.2. The van der Waals surface area contributed by atoms with Gasteiger partial charge >= 0.3 is 6.09 Å². The third-order valence-electron chi connectivity index (χ3n) is 2.37. The molecule has 14 heavy (non-hydrogen) atoms. The summed E-state index contributed by atoms with van der Waals surface area (Å²) >= 11 is 0. The van der Waals surface area contributed by atoms with Crippen LogP contribution in [0.1, 0.15) is 19.3 Å². The first-order chi connectivity index (χ1) is 6.79. The number of hydrogen-bond donors (Lipinski definition) is 1. The summed E-state index contributed by atoms with van der Waals surface area (Å²) < 4.78 is 4.65. The summed E-state index contributed by atoms with van der Waals surface area (Å²) in [5.41, 5.74) is 0. The van der Waals surface area contributed by atoms with E-state index in [1.54, 1.807) is 0 Å². The molecule has 0 aromatic carbocycles. The number of aliphatic hydroxyl groups excluding tert-OH is 1. The first kappa shape index (κ1) is 11.3. The standard InChI is InChI=1S/C9H18N2O3/c1-14-9(13)11(7-8-12)10-5-3-2-4-6-10/h12H,2-8H2,1H3. The van der Waals surface area contributed by atoms with Crippen LogP contribution in [-0.4, -0.2) is 54.6 Å². The highest BCUT2D eigenvalue weighted by Gasteiger charge is 2.22. The van der Waals surface area contributed by atoms with Crippen LogP contribution in [0.25, 0.3) is 0 Å². The molecule has 1 rings (SSSR count). The van der Waals surface area contributed by atoms with Gasteiger partial charge in [-0.2, -0.15) is 0 Å². The molecule has 0 bridgehead atoms. The van der Waals surface area contributed by atoms with Gasteiger partial charge in [-0.15, -0.1) is 0 Å². The Morgan fingerprint density at radius 2 is 2.07 bits per heavy atom. The molecule has 1 N–H and O–H groups in total. The van der Waals surface area contributed by atoms with Crippen molar-refractivity contribution in [2.75, 3.05) is 33.4 Å². The maximum atomic E-state index is 11.4. The number of aliphatic hydroxyl groups is 1. The quantitative estimate of drug-likeness (QED) is 0.722. The molecule has 1 aliphatic rings. The minimum Gasteiger partial charge on any atom is -0.452 e. The molecule has 0 aromatic heterocycles. The van der Waals surface area contributed by atoms with E-state index in [9.17, 15) is 4.79 Å². The van der Waals surface area contributed by atoms with Crippen molar-refractivity contribution in [3.05, 3.63) is 0 Å². The number of nitrogens with zero attached hydrogens (tertiary/aromatic N) is 2. The van der Waals surface area contributed by atoms with Crippen molar-refractivity contribution in [1.29, 1.82) is 0 Å². The van der Waals surface area contributed by atoms with Crippen LogP contribution in [0.3, 0.4) is 0 Å². The molecule has 0 radical (unpaired) electrons. The molecule has 5 nitrogen and oxygen atoms in total. The summed E-state index contributed by atoms with van der Waals surface area (Å²) in [6.07, 6.45) is 3.02. The SMILES string of the molecule is COC(=O)N(CCO)N1CCCCC1. The fourth-order valence-corrected chi connectivity index (χ4v) is 1.67. The molecule has 1 fully saturated rings. The highest BCUT2D eigenvalue weighted by atomic mass is 16.5. The van der Waals surface area contributed by atoms with Crippen LogP contribution < -0.4 is 0 Å². The Bertz CT molecular complexity index is 181. The third-order valence-corrected chi connectivity index (χ3v) is 2.37. The van der Waals surface area contributed by atoms with Crippen molar-refractivity contribution in [2.45, 2.75) is 19.3 Å². The van der Waals surface area contributed by atoms with Gasteiger partial charge in [0.15, 0.2) is 0 Å². The van der Waals surface area contributed by atoms with Gasteiger partial charge in [0.25, 0.3) is 0 Å². The van der Waals surface area contributed by atoms with E-state index in [0.29, 0.717) is 6.54 Å². The van der Waals surface area contributed by atoms with Crippen molar-refractivity contribution in [3.8, 4) is 0 Å². The minimum absolute atomic E-state index is 0.0361. The summed E-state index contributed by atoms with van der Waals surface area (Å²) in [4.78, 5) is 11.4. The van der Waals surface area contributed by atoms with E-state index in [2.05, 4.69) is 4.74 Å². The Morgan fingerprint density at radius 3 is 2.57 bits per heavy atom. The topological polar surface area (TPSA) is 53.0 Å². The molecular weight excluding hydrogens is 184 g/mol. The van der Waals surface area contributed by atoms with Gasteiger partial charge in [-0.05, 0) is 12.8 Å². The Morgan fingerprint density at radius 1 is 1.43 bits per heavy atom. The largest absolute Gasteiger partial charge is 0.452 e. The van der Waals surface area contributed by atoms with Gasteiger partial charge in [0, 0.05) is 13.1 Å². The van der Waals surface area contributed by atoms with Crippen LogP contribution in [0.4, 0.5) is 4.79 Å². The van der Waals surface area contributed by atoms with Gasteiger partial charge in [0.2, 0.25) is 0 Å². The highest BCUT2D eigenvalue weighted by Crippen LogP contribution is 2.12. The lowest BCUT2D eigenvalue weighted by molar-refractivity contribution is -0.0359. The van der Waals surface area contributed by atoms with Crippen LogP contribution >= 0.6 is 0 Å². The summed E-state index contributed by atoms with van der Waals surface area (Å²) in [6.45, 7) is 2.02. The van der Waals surface area contributed by atoms with Gasteiger partial charge in [0.1, 0.15) is 0 Å². The third kappa shape index (κ3) is 2.85. The van der Waals surface area contributed by atoms with E-state index in [0.717, 1.165) is 25.9 Å². The molecule has 0 aliphatic carbocycles. The van der Waals surface area contributed by atoms with E-state index in [4.69, 9.17) is 5.11 Å². The Labute approximate surface area is 84.2 Å². The number of amides is 1. The van der Waals surface area contributed by atoms with Crippen LogP contribution in [0.5, 0.6) is 0 Å². The fourth-order valence-electron chi connectivity index (χ4n) is 1.67. The highest BCUT2D eigenvalue weighted by molar-refractivity contribution is 5.66. The molecule has 0 aromatic rings. The van der Waals surface area contributed by atoms with E-state index in [1.807, 2.05) is 5.01 Å². The predicted octanol–water partition coefficient (Wildman–Crippen LogP) is 0.448. The first-order valence-electron chi connectivity index (χ1n) is 5.01. The number of methoxy groups -OCH3 is 1. The molecule has 0 spiro atoms. The van der Waals surface area contributed by atoms with Crippen LogP contribution in [0, 0.1) is 0 Å². The summed E-state index contributed by atoms with van der Waals surface area (Å²) in [5.74, 6) is 0. The molecule has 5 heteroatoms. The van der Waals surface area contributed by atoms with E-state index in [-0.39, 0.29) is 12.7 Å². The zero-order valence-corrected chi connectivity index (χ0v) is 8.61. The van der Waals surface area contributed by atoms with Crippen LogP contribution in [0.2, 0.25) is 0 Å². The number of carbonyl (C=O) groups is 1. The summed E-state index contributed by atoms with van der Waals surface area (Å²) in [6, 6.07) is 0. The van der Waals surface area contributed by atoms with E-state index < -0.39 is 0 Å². The molecule has 82 valence electrons. The lowest BCUT2D eigenvalue weighted by Gasteiger charge is -2.35. The normalized spacial score (nSPS) is 17.9. The number of piperidine rings is 1. The number of rotatable bonds is 3. The molecule has 1 saturated heterocycles. The minimum atomic E-state index is -0.388. The van der Waals surface area contributed by atoms with Crippen molar-refractivity contribution in [1.82, 2.24) is 10.0 Å². The van der Waals surface area contributed by atoms with E-state index >= 15 is 0 Å². The number of carbonyl (C=O) groups excluding carboxylic acids is 1. The molecule has 0 unspecified atom stereocenters. The molecule has 1 amide bonds. The second-order valence-corrected chi connectivity index (χ2v) is 3.33. The molecular formula is C9H18N2O3. The fraction of sp³-hybridized carbons (Fsp3) is 0.889. The Balaban J connectivity index is 2.50. The van der Waals surface area contributed by atoms with Gasteiger partial charge in [-0.3, -0.25) is 0 Å². The lowest BCUT2D eigenvalue weighted by Crippen LogP contribution is -2.49. The van der Waals surface area contributed by atoms with Gasteiger partial charge < -0.3 is 9.84 Å². The summed E-state index contributed by atoms with van der Waals surface area (Å²) in [7, 11) is 1.36. The second-order valence-electron chi connectivity index (χ2n) is 3.33. The van der Waals surface area contributed by atoms with Crippen LogP contribution in [0.15, 0.2) is 0 Å². The Hall–Kier alpha value is -0.810. The monoisotopic (exact) mass is 202 g/mol. The average Bonchev–Trinajstić information content (AvgIpc) is 2.26. The van der Waals surface area contributed by atoms with E-state index in [1.165, 1.54) is 18.5 Å². The maximum Gasteiger partial charge on any atom is 0.424 e. The number of hydrogen-bond acceptors (Lipinski definition) is 4. The Kier molecular flexibility index (Phi) is 4.69. The zero-order valence-electron chi connectivity index (χ0n) is 8.61. The predicted molar refractivity (Wildman–Crippen MR) is 51.6 cm³/mol. The van der Waals surface area contributed by atoms with Gasteiger partial charge in [-0.1, -0.05) is 6.42 Å². The van der Waals surface area contributed by atoms with Crippen molar-refractivity contribution < 1.29 is 14.6 Å². The molecule has 0 saturated carbocycles. The first-order valence-corrected chi connectivity index (χ1v) is 5.01. The van der Waals surface area contributed by atoms with Crippen molar-refractivity contribution >= 4 is 6.09 Å². The van der Waals surface area contributed by atoms with Gasteiger partial charge in [0.05, 0.1) is 20.3 Å². The zero-order chi connectivity index (χ0) is 10.4. The van der Waals surface area contributed by atoms with Crippen molar-refractivity contribution in [2.24, 2.45) is 0 Å². The number of hydrazine groups is 1. The number of ether oxygens (including phenoxy) is 1. The molecule has 1 aliphatic heterocycles. The average molecular weight is 202 g/mol. The molecule has 0 atom stereocenters. The molecule has 1 heterocycles.